The smallest absolute Gasteiger partial charge is 0.244 e. The number of carbonyl (C=O) groups excluding carboxylic acids is 1. The first-order chi connectivity index (χ1) is 12.7. The van der Waals surface area contributed by atoms with Crippen LogP contribution in [0.5, 0.6) is 0 Å². The average molecular weight is 372 g/mol. The normalized spacial score (nSPS) is 20.6. The molecule has 0 spiro atoms. The predicted molar refractivity (Wildman–Crippen MR) is 101 cm³/mol. The monoisotopic (exact) mass is 371 g/mol. The minimum absolute atomic E-state index is 0.0438. The fourth-order valence-corrected chi connectivity index (χ4v) is 3.76. The molecule has 1 aromatic heterocycles. The van der Waals surface area contributed by atoms with Crippen molar-refractivity contribution < 1.29 is 9.21 Å². The first-order valence-electron chi connectivity index (χ1n) is 9.12. The van der Waals surface area contributed by atoms with Gasteiger partial charge in [0, 0.05) is 24.4 Å². The average Bonchev–Trinajstić information content (AvgIpc) is 3.41. The Balaban J connectivity index is 1.53. The highest BCUT2D eigenvalue weighted by Crippen LogP contribution is 2.33. The quantitative estimate of drug-likeness (QED) is 0.795. The summed E-state index contributed by atoms with van der Waals surface area (Å²) in [6.07, 6.45) is 5.22. The van der Waals surface area contributed by atoms with Crippen molar-refractivity contribution in [3.05, 3.63) is 59.0 Å². The van der Waals surface area contributed by atoms with E-state index in [-0.39, 0.29) is 11.9 Å². The van der Waals surface area contributed by atoms with Gasteiger partial charge in [0.15, 0.2) is 0 Å². The maximum atomic E-state index is 12.9. The van der Waals surface area contributed by atoms with Crippen molar-refractivity contribution in [2.45, 2.75) is 31.7 Å². The van der Waals surface area contributed by atoms with E-state index < -0.39 is 0 Å². The Bertz CT molecular complexity index is 780. The second-order valence-electron chi connectivity index (χ2n) is 6.83. The van der Waals surface area contributed by atoms with E-state index in [0.29, 0.717) is 17.9 Å². The van der Waals surface area contributed by atoms with Crippen LogP contribution in [0.25, 0.3) is 0 Å². The summed E-state index contributed by atoms with van der Waals surface area (Å²) in [5.41, 5.74) is 1.87. The summed E-state index contributed by atoms with van der Waals surface area (Å²) < 4.78 is 5.58. The Morgan fingerprint density at radius 2 is 1.96 bits per heavy atom. The Kier molecular flexibility index (Phi) is 5.09. The van der Waals surface area contributed by atoms with Crippen LogP contribution in [-0.4, -0.2) is 41.2 Å². The minimum atomic E-state index is -0.179. The molecule has 0 bridgehead atoms. The molecule has 1 fully saturated rings. The van der Waals surface area contributed by atoms with Crippen molar-refractivity contribution >= 4 is 23.2 Å². The molecule has 0 radical (unpaired) electrons. The SMILES string of the molecule is O=C(CCN1CCCC1)N1N=C(c2ccc(Cl)cc2)C[C@@H]1c1ccco1. The third-order valence-electron chi connectivity index (χ3n) is 5.06. The molecule has 5 nitrogen and oxygen atoms in total. The van der Waals surface area contributed by atoms with Crippen molar-refractivity contribution in [1.29, 1.82) is 0 Å². The number of hydrazone groups is 1. The zero-order valence-electron chi connectivity index (χ0n) is 14.6. The molecular weight excluding hydrogens is 350 g/mol. The first-order valence-corrected chi connectivity index (χ1v) is 9.50. The Labute approximate surface area is 158 Å². The molecular formula is C20H22ClN3O2. The third kappa shape index (κ3) is 3.69. The first kappa shape index (κ1) is 17.3. The standard InChI is InChI=1S/C20H22ClN3O2/c21-16-7-5-15(6-8-16)17-14-18(19-4-3-13-26-19)24(22-17)20(25)9-12-23-10-1-2-11-23/h3-8,13,18H,1-2,9-12,14H2/t18-/m1/s1. The fraction of sp³-hybridized carbons (Fsp3) is 0.400. The number of halogens is 1. The molecule has 1 atom stereocenters. The van der Waals surface area contributed by atoms with E-state index in [9.17, 15) is 4.79 Å². The number of rotatable bonds is 5. The van der Waals surface area contributed by atoms with Crippen LogP contribution in [0.2, 0.25) is 5.02 Å². The Morgan fingerprint density at radius 1 is 1.19 bits per heavy atom. The van der Waals surface area contributed by atoms with E-state index in [1.807, 2.05) is 36.4 Å². The number of hydrogen-bond acceptors (Lipinski definition) is 4. The highest BCUT2D eigenvalue weighted by Gasteiger charge is 2.34. The zero-order valence-corrected chi connectivity index (χ0v) is 15.4. The van der Waals surface area contributed by atoms with Gasteiger partial charge in [0.25, 0.3) is 0 Å². The lowest BCUT2D eigenvalue weighted by Gasteiger charge is -2.21. The van der Waals surface area contributed by atoms with E-state index >= 15 is 0 Å². The number of benzene rings is 1. The molecule has 0 saturated carbocycles. The fourth-order valence-electron chi connectivity index (χ4n) is 3.63. The van der Waals surface area contributed by atoms with Crippen molar-refractivity contribution in [3.8, 4) is 0 Å². The van der Waals surface area contributed by atoms with Gasteiger partial charge in [-0.05, 0) is 55.8 Å². The van der Waals surface area contributed by atoms with E-state index in [2.05, 4.69) is 10.0 Å². The Hall–Kier alpha value is -2.11. The maximum absolute atomic E-state index is 12.9. The number of carbonyl (C=O) groups is 1. The van der Waals surface area contributed by atoms with E-state index in [4.69, 9.17) is 16.0 Å². The molecule has 2 aliphatic heterocycles. The molecule has 136 valence electrons. The summed E-state index contributed by atoms with van der Waals surface area (Å²) in [4.78, 5) is 15.2. The lowest BCUT2D eigenvalue weighted by Crippen LogP contribution is -2.31. The van der Waals surface area contributed by atoms with Crippen molar-refractivity contribution in [1.82, 2.24) is 9.91 Å². The molecule has 2 aromatic rings. The van der Waals surface area contributed by atoms with Gasteiger partial charge in [0.1, 0.15) is 11.8 Å². The van der Waals surface area contributed by atoms with Gasteiger partial charge in [-0.15, -0.1) is 0 Å². The highest BCUT2D eigenvalue weighted by atomic mass is 35.5. The second kappa shape index (κ2) is 7.64. The van der Waals surface area contributed by atoms with Gasteiger partial charge in [-0.3, -0.25) is 4.79 Å². The molecule has 4 rings (SSSR count). The number of amides is 1. The summed E-state index contributed by atoms with van der Waals surface area (Å²) >= 11 is 5.99. The van der Waals surface area contributed by atoms with Crippen molar-refractivity contribution in [2.24, 2.45) is 5.10 Å². The molecule has 26 heavy (non-hydrogen) atoms. The largest absolute Gasteiger partial charge is 0.467 e. The second-order valence-corrected chi connectivity index (χ2v) is 7.26. The van der Waals surface area contributed by atoms with Crippen molar-refractivity contribution in [2.75, 3.05) is 19.6 Å². The number of furan rings is 1. The van der Waals surface area contributed by atoms with Gasteiger partial charge in [-0.25, -0.2) is 5.01 Å². The van der Waals surface area contributed by atoms with E-state index in [1.165, 1.54) is 12.8 Å². The van der Waals surface area contributed by atoms with Crippen LogP contribution in [0.4, 0.5) is 0 Å². The van der Waals surface area contributed by atoms with Crippen molar-refractivity contribution in [3.63, 3.8) is 0 Å². The molecule has 2 aliphatic rings. The Morgan fingerprint density at radius 3 is 2.65 bits per heavy atom. The van der Waals surface area contributed by atoms with Gasteiger partial charge < -0.3 is 9.32 Å². The van der Waals surface area contributed by atoms with E-state index in [0.717, 1.165) is 36.7 Å². The molecule has 3 heterocycles. The lowest BCUT2D eigenvalue weighted by atomic mass is 10.0. The molecule has 0 unspecified atom stereocenters. The van der Waals surface area contributed by atoms with Crippen LogP contribution in [0.1, 0.15) is 43.0 Å². The van der Waals surface area contributed by atoms with Gasteiger partial charge in [0.2, 0.25) is 5.91 Å². The lowest BCUT2D eigenvalue weighted by molar-refractivity contribution is -0.133. The number of hydrogen-bond donors (Lipinski definition) is 0. The molecule has 1 saturated heterocycles. The summed E-state index contributed by atoms with van der Waals surface area (Å²) in [7, 11) is 0. The summed E-state index contributed by atoms with van der Waals surface area (Å²) in [5, 5.41) is 6.95. The van der Waals surface area contributed by atoms with Crippen LogP contribution in [0, 0.1) is 0 Å². The summed E-state index contributed by atoms with van der Waals surface area (Å²) in [6, 6.07) is 11.2. The molecule has 0 aliphatic carbocycles. The van der Waals surface area contributed by atoms with Gasteiger partial charge in [-0.1, -0.05) is 23.7 Å². The predicted octanol–water partition coefficient (Wildman–Crippen LogP) is 4.10. The number of likely N-dealkylation sites (tertiary alicyclic amines) is 1. The summed E-state index contributed by atoms with van der Waals surface area (Å²) in [6.45, 7) is 2.98. The highest BCUT2D eigenvalue weighted by molar-refractivity contribution is 6.30. The van der Waals surface area contributed by atoms with Gasteiger partial charge >= 0.3 is 0 Å². The van der Waals surface area contributed by atoms with Crippen LogP contribution in [-0.2, 0) is 4.79 Å². The molecule has 1 amide bonds. The molecule has 1 aromatic carbocycles. The van der Waals surface area contributed by atoms with Crippen LogP contribution in [0.3, 0.4) is 0 Å². The summed E-state index contributed by atoms with van der Waals surface area (Å²) in [5.74, 6) is 0.814. The van der Waals surface area contributed by atoms with Crippen LogP contribution < -0.4 is 0 Å². The third-order valence-corrected chi connectivity index (χ3v) is 5.31. The number of nitrogens with zero attached hydrogens (tertiary/aromatic N) is 3. The topological polar surface area (TPSA) is 49.1 Å². The zero-order chi connectivity index (χ0) is 17.9. The van der Waals surface area contributed by atoms with E-state index in [1.54, 1.807) is 11.3 Å². The van der Waals surface area contributed by atoms with Gasteiger partial charge in [0.05, 0.1) is 12.0 Å². The van der Waals surface area contributed by atoms with Gasteiger partial charge in [-0.2, -0.15) is 5.10 Å². The minimum Gasteiger partial charge on any atom is -0.467 e. The molecule has 0 N–H and O–H groups in total. The van der Waals surface area contributed by atoms with Crippen LogP contribution >= 0.6 is 11.6 Å². The van der Waals surface area contributed by atoms with Crippen LogP contribution in [0.15, 0.2) is 52.2 Å². The molecule has 6 heteroatoms. The maximum Gasteiger partial charge on any atom is 0.244 e.